The molecule has 0 amide bonds. The van der Waals surface area contributed by atoms with E-state index in [1.54, 1.807) is 37.6 Å². The second-order valence-corrected chi connectivity index (χ2v) is 17.1. The maximum Gasteiger partial charge on any atom is 0.345 e. The number of thiophene rings is 1. The van der Waals surface area contributed by atoms with Crippen LogP contribution in [0.15, 0.2) is 97.5 Å². The fraction of sp³-hybridized carbons (Fsp3) is 0.286. The van der Waals surface area contributed by atoms with Crippen molar-refractivity contribution in [1.29, 1.82) is 0 Å². The third-order valence-corrected chi connectivity index (χ3v) is 13.0. The highest BCUT2D eigenvalue weighted by molar-refractivity contribution is 7.22. The first kappa shape index (κ1) is 43.7. The van der Waals surface area contributed by atoms with Gasteiger partial charge in [0.15, 0.2) is 17.4 Å². The molecule has 1 N–H and O–H groups in total. The van der Waals surface area contributed by atoms with Crippen molar-refractivity contribution in [2.75, 3.05) is 60.5 Å². The van der Waals surface area contributed by atoms with E-state index in [0.717, 1.165) is 43.9 Å². The van der Waals surface area contributed by atoms with E-state index in [2.05, 4.69) is 36.7 Å². The minimum Gasteiger partial charge on any atom is -0.496 e. The highest BCUT2D eigenvalue weighted by Gasteiger charge is 2.30. The van der Waals surface area contributed by atoms with Crippen LogP contribution in [0, 0.1) is 11.6 Å². The van der Waals surface area contributed by atoms with Gasteiger partial charge in [-0.15, -0.1) is 11.3 Å². The van der Waals surface area contributed by atoms with Gasteiger partial charge in [0, 0.05) is 86.5 Å². The number of carboxylic acids is 1. The Morgan fingerprint density at radius 2 is 1.65 bits per heavy atom. The lowest BCUT2D eigenvalue weighted by Gasteiger charge is -2.34. The Morgan fingerprint density at radius 1 is 0.846 bits per heavy atom. The average Bonchev–Trinajstić information content (AvgIpc) is 3.71. The van der Waals surface area contributed by atoms with Crippen molar-refractivity contribution in [3.8, 4) is 56.1 Å². The number of rotatable bonds is 11. The topological polar surface area (TPSA) is 136 Å². The van der Waals surface area contributed by atoms with Crippen LogP contribution in [-0.2, 0) is 30.9 Å². The number of ether oxygens (including phenoxy) is 4. The van der Waals surface area contributed by atoms with Gasteiger partial charge in [0.2, 0.25) is 12.0 Å². The Hall–Kier alpha value is -6.59. The molecule has 334 valence electrons. The molecule has 6 heterocycles. The molecule has 0 spiro atoms. The minimum atomic E-state index is -1.45. The monoisotopic (exact) mass is 899 g/mol. The van der Waals surface area contributed by atoms with Gasteiger partial charge in [-0.25, -0.2) is 33.5 Å². The van der Waals surface area contributed by atoms with Gasteiger partial charge in [-0.05, 0) is 60.1 Å². The number of carboxylic acid groups (broad SMARTS) is 1. The summed E-state index contributed by atoms with van der Waals surface area (Å²) < 4.78 is 55.7. The zero-order valence-electron chi connectivity index (χ0n) is 36.2. The molecule has 65 heavy (non-hydrogen) atoms. The molecule has 0 unspecified atom stereocenters. The highest BCUT2D eigenvalue weighted by atomic mass is 32.1. The first-order valence-corrected chi connectivity index (χ1v) is 22.1. The number of para-hydroxylation sites is 1. The molecule has 3 aromatic heterocycles. The summed E-state index contributed by atoms with van der Waals surface area (Å²) in [5.74, 6) is -0.646. The molecule has 3 aliphatic rings. The van der Waals surface area contributed by atoms with Crippen LogP contribution in [0.25, 0.3) is 43.2 Å². The lowest BCUT2D eigenvalue weighted by Crippen LogP contribution is -2.46. The Morgan fingerprint density at radius 3 is 2.43 bits per heavy atom. The predicted octanol–water partition coefficient (Wildman–Crippen LogP) is 7.99. The van der Waals surface area contributed by atoms with Crippen LogP contribution in [0.1, 0.15) is 22.4 Å². The molecule has 1 atom stereocenters. The van der Waals surface area contributed by atoms with Crippen LogP contribution >= 0.6 is 11.3 Å². The summed E-state index contributed by atoms with van der Waals surface area (Å²) in [4.78, 5) is 39.6. The number of piperazine rings is 1. The standard InChI is InChI=1S/C49H47F2N7O6S/c1-56-18-20-57(21-19-56)22-23-58-26-30-8-15-38(63-28-35-16-17-52-46(55-35)36-6-4-5-7-39(36)61-2)33(24-30)25-40(49(59)60)64-47-42-41(37-14-11-32(27-58)43(51)44(37)62-3)45(65-48(42)54-29-53-47)31-9-12-34(50)13-10-31/h4-17,24,29,40H,18-23,25-28H2,1-3H3,(H,59,60)/t40-/m1/s1. The van der Waals surface area contributed by atoms with Gasteiger partial charge >= 0.3 is 5.97 Å². The molecule has 10 rings (SSSR count). The molecule has 16 heteroatoms. The number of fused-ring (bicyclic) bond motifs is 6. The summed E-state index contributed by atoms with van der Waals surface area (Å²) in [7, 11) is 5.14. The lowest BCUT2D eigenvalue weighted by atomic mass is 9.96. The summed E-state index contributed by atoms with van der Waals surface area (Å²) in [6.45, 7) is 5.93. The molecule has 0 saturated carbocycles. The van der Waals surface area contributed by atoms with E-state index in [1.807, 2.05) is 48.5 Å². The molecular weight excluding hydrogens is 853 g/mol. The van der Waals surface area contributed by atoms with E-state index >= 15 is 4.39 Å². The van der Waals surface area contributed by atoms with Crippen LogP contribution in [0.3, 0.4) is 0 Å². The maximum absolute atomic E-state index is 17.1. The molecule has 1 fully saturated rings. The highest BCUT2D eigenvalue weighted by Crippen LogP contribution is 2.50. The minimum absolute atomic E-state index is 0.00348. The van der Waals surface area contributed by atoms with E-state index in [1.165, 1.54) is 36.9 Å². The lowest BCUT2D eigenvalue weighted by molar-refractivity contribution is -0.145. The van der Waals surface area contributed by atoms with Crippen LogP contribution < -0.4 is 18.9 Å². The van der Waals surface area contributed by atoms with Crippen LogP contribution in [-0.4, -0.2) is 112 Å². The fourth-order valence-electron chi connectivity index (χ4n) is 8.37. The van der Waals surface area contributed by atoms with E-state index in [4.69, 9.17) is 23.9 Å². The van der Waals surface area contributed by atoms with Crippen molar-refractivity contribution >= 4 is 27.5 Å². The van der Waals surface area contributed by atoms with E-state index in [9.17, 15) is 14.3 Å². The van der Waals surface area contributed by atoms with Crippen LogP contribution in [0.2, 0.25) is 0 Å². The van der Waals surface area contributed by atoms with Crippen molar-refractivity contribution in [2.24, 2.45) is 0 Å². The number of methoxy groups -OCH3 is 2. The molecular formula is C49H47F2N7O6S. The normalized spacial score (nSPS) is 16.0. The van der Waals surface area contributed by atoms with Gasteiger partial charge in [0.05, 0.1) is 30.9 Å². The molecule has 4 bridgehead atoms. The number of halogens is 2. The van der Waals surface area contributed by atoms with Gasteiger partial charge in [0.1, 0.15) is 35.1 Å². The quantitative estimate of drug-likeness (QED) is 0.135. The zero-order valence-corrected chi connectivity index (χ0v) is 37.0. The van der Waals surface area contributed by atoms with E-state index in [-0.39, 0.29) is 31.2 Å². The molecule has 3 aliphatic heterocycles. The molecule has 4 aromatic carbocycles. The van der Waals surface area contributed by atoms with Gasteiger partial charge in [-0.2, -0.15) is 0 Å². The van der Waals surface area contributed by atoms with Crippen LogP contribution in [0.5, 0.6) is 23.1 Å². The fourth-order valence-corrected chi connectivity index (χ4v) is 9.53. The Labute approximate surface area is 378 Å². The van der Waals surface area contributed by atoms with Gasteiger partial charge in [0.25, 0.3) is 0 Å². The smallest absolute Gasteiger partial charge is 0.345 e. The number of hydrogen-bond donors (Lipinski definition) is 1. The third kappa shape index (κ3) is 9.47. The van der Waals surface area contributed by atoms with Gasteiger partial charge in [-0.1, -0.05) is 48.5 Å². The number of hydrogen-bond acceptors (Lipinski definition) is 13. The number of benzene rings is 4. The van der Waals surface area contributed by atoms with E-state index < -0.39 is 23.7 Å². The van der Waals surface area contributed by atoms with Crippen molar-refractivity contribution < 1.29 is 37.6 Å². The average molecular weight is 900 g/mol. The van der Waals surface area contributed by atoms with Crippen molar-refractivity contribution in [1.82, 2.24) is 34.6 Å². The largest absolute Gasteiger partial charge is 0.496 e. The predicted molar refractivity (Wildman–Crippen MR) is 243 cm³/mol. The number of carbonyl (C=O) groups is 1. The third-order valence-electron chi connectivity index (χ3n) is 11.8. The maximum atomic E-state index is 17.1. The number of aromatic nitrogens is 4. The van der Waals surface area contributed by atoms with Crippen molar-refractivity contribution in [2.45, 2.75) is 32.2 Å². The first-order valence-electron chi connectivity index (χ1n) is 21.3. The summed E-state index contributed by atoms with van der Waals surface area (Å²) >= 11 is 1.28. The first-order chi connectivity index (χ1) is 31.6. The molecule has 13 nitrogen and oxygen atoms in total. The molecule has 0 aliphatic carbocycles. The Bertz CT molecular complexity index is 2840. The number of aliphatic carboxylic acids is 1. The van der Waals surface area contributed by atoms with Gasteiger partial charge < -0.3 is 29.0 Å². The summed E-state index contributed by atoms with van der Waals surface area (Å²) in [6.07, 6.45) is 1.41. The molecule has 0 radical (unpaired) electrons. The second-order valence-electron chi connectivity index (χ2n) is 16.1. The van der Waals surface area contributed by atoms with Gasteiger partial charge in [-0.3, -0.25) is 9.80 Å². The summed E-state index contributed by atoms with van der Waals surface area (Å²) in [6, 6.07) is 24.5. The number of nitrogens with zero attached hydrogens (tertiary/aromatic N) is 7. The Kier molecular flexibility index (Phi) is 12.9. The summed E-state index contributed by atoms with van der Waals surface area (Å²) in [5.41, 5.74) is 4.72. The van der Waals surface area contributed by atoms with E-state index in [0.29, 0.717) is 79.0 Å². The van der Waals surface area contributed by atoms with Crippen molar-refractivity contribution in [3.05, 3.63) is 131 Å². The molecule has 7 aromatic rings. The number of likely N-dealkylation sites (N-methyl/N-ethyl adjacent to an activating group) is 1. The van der Waals surface area contributed by atoms with Crippen LogP contribution in [0.4, 0.5) is 8.78 Å². The summed E-state index contributed by atoms with van der Waals surface area (Å²) in [5, 5.41) is 11.2. The Balaban J connectivity index is 1.15. The van der Waals surface area contributed by atoms with Crippen molar-refractivity contribution in [3.63, 3.8) is 0 Å². The zero-order chi connectivity index (χ0) is 45.0. The SMILES string of the molecule is COc1ccccc1-c1nccc(COc2ccc3cc2C[C@H](C(=O)O)Oc2ncnc4sc(-c5ccc(F)cc5)c(c24)-c2ccc(c(F)c2OC)CN(CCN2CCN(C)CC2)C3)n1. The second kappa shape index (κ2) is 19.3. The molecule has 1 saturated heterocycles.